The lowest BCUT2D eigenvalue weighted by Gasteiger charge is -2.20. The fourth-order valence-electron chi connectivity index (χ4n) is 1.99. The van der Waals surface area contributed by atoms with Crippen molar-refractivity contribution < 1.29 is 0 Å². The molecule has 20 heavy (non-hydrogen) atoms. The molecule has 2 aromatic rings. The summed E-state index contributed by atoms with van der Waals surface area (Å²) in [4.78, 5) is 8.80. The number of hydrogen-bond donors (Lipinski definition) is 1. The van der Waals surface area contributed by atoms with Crippen LogP contribution in [-0.4, -0.2) is 9.97 Å². The van der Waals surface area contributed by atoms with E-state index in [1.165, 1.54) is 5.56 Å². The number of halogens is 1. The van der Waals surface area contributed by atoms with Gasteiger partial charge in [-0.25, -0.2) is 9.97 Å². The third kappa shape index (κ3) is 3.57. The van der Waals surface area contributed by atoms with E-state index in [0.717, 1.165) is 21.5 Å². The molecule has 1 N–H and O–H groups in total. The van der Waals surface area contributed by atoms with Crippen LogP contribution >= 0.6 is 15.9 Å². The van der Waals surface area contributed by atoms with Gasteiger partial charge >= 0.3 is 0 Å². The van der Waals surface area contributed by atoms with Gasteiger partial charge in [0.25, 0.3) is 0 Å². The number of nitrogens with one attached hydrogen (secondary N) is 1. The van der Waals surface area contributed by atoms with Crippen LogP contribution in [0.4, 0.5) is 11.6 Å². The van der Waals surface area contributed by atoms with Crippen molar-refractivity contribution in [3.05, 3.63) is 45.7 Å². The molecule has 0 saturated heterocycles. The Hall–Kier alpha value is -1.42. The summed E-state index contributed by atoms with van der Waals surface area (Å²) in [5.74, 6) is 0.631. The van der Waals surface area contributed by atoms with Crippen molar-refractivity contribution in [3.63, 3.8) is 0 Å². The van der Waals surface area contributed by atoms with Gasteiger partial charge in [-0.05, 0) is 59.0 Å². The van der Waals surface area contributed by atoms with Crippen molar-refractivity contribution >= 4 is 27.6 Å². The molecule has 1 aromatic carbocycles. The molecular formula is C16H20BrN3. The number of anilines is 2. The van der Waals surface area contributed by atoms with E-state index in [4.69, 9.17) is 0 Å². The van der Waals surface area contributed by atoms with Crippen LogP contribution in [0.3, 0.4) is 0 Å². The number of rotatable bonds is 2. The smallest absolute Gasteiger partial charge is 0.227 e. The van der Waals surface area contributed by atoms with Gasteiger partial charge < -0.3 is 5.32 Å². The fraction of sp³-hybridized carbons (Fsp3) is 0.375. The SMILES string of the molecule is Cc1cc(C)nc(Nc2ccc(C(C)(C)C)cc2Br)n1. The highest BCUT2D eigenvalue weighted by atomic mass is 79.9. The summed E-state index contributed by atoms with van der Waals surface area (Å²) in [6.07, 6.45) is 0. The zero-order chi connectivity index (χ0) is 14.9. The maximum absolute atomic E-state index is 4.40. The number of hydrogen-bond acceptors (Lipinski definition) is 3. The van der Waals surface area contributed by atoms with Crippen molar-refractivity contribution in [1.82, 2.24) is 9.97 Å². The van der Waals surface area contributed by atoms with Crippen LogP contribution in [0, 0.1) is 13.8 Å². The second-order valence-electron chi connectivity index (χ2n) is 6.04. The van der Waals surface area contributed by atoms with Gasteiger partial charge in [0.15, 0.2) is 0 Å². The quantitative estimate of drug-likeness (QED) is 0.849. The molecule has 0 radical (unpaired) electrons. The number of benzene rings is 1. The van der Waals surface area contributed by atoms with Crippen LogP contribution in [0.15, 0.2) is 28.7 Å². The Kier molecular flexibility index (Phi) is 4.14. The van der Waals surface area contributed by atoms with Gasteiger partial charge in [-0.2, -0.15) is 0 Å². The Morgan fingerprint density at radius 3 is 2.10 bits per heavy atom. The highest BCUT2D eigenvalue weighted by Crippen LogP contribution is 2.31. The molecule has 3 nitrogen and oxygen atoms in total. The second-order valence-corrected chi connectivity index (χ2v) is 6.90. The highest BCUT2D eigenvalue weighted by molar-refractivity contribution is 9.10. The minimum absolute atomic E-state index is 0.136. The Balaban J connectivity index is 2.30. The summed E-state index contributed by atoms with van der Waals surface area (Å²) in [7, 11) is 0. The fourth-order valence-corrected chi connectivity index (χ4v) is 2.46. The predicted molar refractivity (Wildman–Crippen MR) is 87.6 cm³/mol. The number of aromatic nitrogens is 2. The van der Waals surface area contributed by atoms with E-state index in [1.807, 2.05) is 19.9 Å². The molecule has 4 heteroatoms. The molecule has 0 aliphatic heterocycles. The Labute approximate surface area is 129 Å². The van der Waals surface area contributed by atoms with Gasteiger partial charge in [0.05, 0.1) is 5.69 Å². The lowest BCUT2D eigenvalue weighted by molar-refractivity contribution is 0.590. The first-order valence-corrected chi connectivity index (χ1v) is 7.44. The summed E-state index contributed by atoms with van der Waals surface area (Å²) in [5.41, 5.74) is 4.32. The molecule has 106 valence electrons. The maximum atomic E-state index is 4.40. The van der Waals surface area contributed by atoms with Gasteiger partial charge in [-0.1, -0.05) is 26.8 Å². The first-order chi connectivity index (χ1) is 9.25. The zero-order valence-electron chi connectivity index (χ0n) is 12.6. The summed E-state index contributed by atoms with van der Waals surface area (Å²) in [5, 5.41) is 3.26. The molecule has 0 amide bonds. The van der Waals surface area contributed by atoms with E-state index >= 15 is 0 Å². The van der Waals surface area contributed by atoms with Crippen molar-refractivity contribution in [2.45, 2.75) is 40.0 Å². The normalized spacial score (nSPS) is 11.5. The van der Waals surface area contributed by atoms with Gasteiger partial charge in [0.2, 0.25) is 5.95 Å². The summed E-state index contributed by atoms with van der Waals surface area (Å²) in [6.45, 7) is 10.5. The predicted octanol–water partition coefficient (Wildman–Crippen LogP) is 4.90. The molecule has 1 aromatic heterocycles. The highest BCUT2D eigenvalue weighted by Gasteiger charge is 2.15. The van der Waals surface area contributed by atoms with E-state index in [0.29, 0.717) is 5.95 Å². The summed E-state index contributed by atoms with van der Waals surface area (Å²) in [6, 6.07) is 8.30. The standard InChI is InChI=1S/C16H20BrN3/c1-10-8-11(2)19-15(18-10)20-14-7-6-12(9-13(14)17)16(3,4)5/h6-9H,1-5H3,(H,18,19,20). The Bertz CT molecular complexity index is 610. The van der Waals surface area contributed by atoms with Gasteiger partial charge in [0, 0.05) is 15.9 Å². The molecule has 0 fully saturated rings. The van der Waals surface area contributed by atoms with Gasteiger partial charge in [0.1, 0.15) is 0 Å². The van der Waals surface area contributed by atoms with Crippen LogP contribution < -0.4 is 5.32 Å². The molecule has 1 heterocycles. The Morgan fingerprint density at radius 1 is 1.00 bits per heavy atom. The average molecular weight is 334 g/mol. The van der Waals surface area contributed by atoms with Crippen LogP contribution in [-0.2, 0) is 5.41 Å². The lowest BCUT2D eigenvalue weighted by Crippen LogP contribution is -2.11. The number of nitrogens with zero attached hydrogens (tertiary/aromatic N) is 2. The van der Waals surface area contributed by atoms with E-state index in [2.05, 4.69) is 70.2 Å². The van der Waals surface area contributed by atoms with Gasteiger partial charge in [-0.3, -0.25) is 0 Å². The van der Waals surface area contributed by atoms with E-state index in [1.54, 1.807) is 0 Å². The lowest BCUT2D eigenvalue weighted by atomic mass is 9.87. The number of aryl methyl sites for hydroxylation is 2. The summed E-state index contributed by atoms with van der Waals surface area (Å²) >= 11 is 3.62. The third-order valence-electron chi connectivity index (χ3n) is 3.06. The molecule has 0 aliphatic rings. The largest absolute Gasteiger partial charge is 0.323 e. The van der Waals surface area contributed by atoms with Crippen LogP contribution in [0.1, 0.15) is 37.7 Å². The molecule has 0 unspecified atom stereocenters. The minimum atomic E-state index is 0.136. The van der Waals surface area contributed by atoms with E-state index < -0.39 is 0 Å². The topological polar surface area (TPSA) is 37.8 Å². The molecule has 0 saturated carbocycles. The molecular weight excluding hydrogens is 314 g/mol. The molecule has 2 rings (SSSR count). The van der Waals surface area contributed by atoms with Crippen molar-refractivity contribution in [2.24, 2.45) is 0 Å². The Morgan fingerprint density at radius 2 is 1.60 bits per heavy atom. The monoisotopic (exact) mass is 333 g/mol. The van der Waals surface area contributed by atoms with Crippen LogP contribution in [0.2, 0.25) is 0 Å². The van der Waals surface area contributed by atoms with Crippen molar-refractivity contribution in [3.8, 4) is 0 Å². The minimum Gasteiger partial charge on any atom is -0.323 e. The molecule has 0 aliphatic carbocycles. The second kappa shape index (κ2) is 5.52. The van der Waals surface area contributed by atoms with Crippen LogP contribution in [0.5, 0.6) is 0 Å². The molecule has 0 atom stereocenters. The maximum Gasteiger partial charge on any atom is 0.227 e. The van der Waals surface area contributed by atoms with E-state index in [9.17, 15) is 0 Å². The molecule has 0 bridgehead atoms. The first kappa shape index (κ1) is 15.0. The third-order valence-corrected chi connectivity index (χ3v) is 3.72. The van der Waals surface area contributed by atoms with Crippen LogP contribution in [0.25, 0.3) is 0 Å². The van der Waals surface area contributed by atoms with Gasteiger partial charge in [-0.15, -0.1) is 0 Å². The first-order valence-electron chi connectivity index (χ1n) is 6.65. The zero-order valence-corrected chi connectivity index (χ0v) is 14.2. The van der Waals surface area contributed by atoms with E-state index in [-0.39, 0.29) is 5.41 Å². The van der Waals surface area contributed by atoms with Crippen molar-refractivity contribution in [2.75, 3.05) is 5.32 Å². The van der Waals surface area contributed by atoms with Crippen molar-refractivity contribution in [1.29, 1.82) is 0 Å². The molecule has 0 spiro atoms. The average Bonchev–Trinajstić information content (AvgIpc) is 2.29. The summed E-state index contributed by atoms with van der Waals surface area (Å²) < 4.78 is 1.02.